The van der Waals surface area contributed by atoms with E-state index in [0.29, 0.717) is 9.34 Å². The average molecular weight is 329 g/mol. The van der Waals surface area contributed by atoms with Crippen molar-refractivity contribution in [2.24, 2.45) is 0 Å². The Bertz CT molecular complexity index is 722. The lowest BCUT2D eigenvalue weighted by Crippen LogP contribution is -2.09. The highest BCUT2D eigenvalue weighted by molar-refractivity contribution is 8.00. The largest absolute Gasteiger partial charge is 0.382 e. The number of benzene rings is 1. The summed E-state index contributed by atoms with van der Waals surface area (Å²) in [5.74, 6) is 0. The normalized spacial score (nSPS) is 12.4. The van der Waals surface area contributed by atoms with Gasteiger partial charge < -0.3 is 4.90 Å². The molecule has 106 valence electrons. The molecule has 0 saturated carbocycles. The van der Waals surface area contributed by atoms with Gasteiger partial charge in [-0.25, -0.2) is 13.4 Å². The number of sulfone groups is 1. The summed E-state index contributed by atoms with van der Waals surface area (Å²) in [6.07, 6.45) is 3.04. The lowest BCUT2D eigenvalue weighted by molar-refractivity contribution is 0.564. The van der Waals surface area contributed by atoms with Crippen molar-refractivity contribution in [3.63, 3.8) is 0 Å². The van der Waals surface area contributed by atoms with Crippen molar-refractivity contribution in [3.05, 3.63) is 52.1 Å². The van der Waals surface area contributed by atoms with E-state index in [2.05, 4.69) is 4.98 Å². The lowest BCUT2D eigenvalue weighted by atomic mass is 10.4. The second-order valence-corrected chi connectivity index (χ2v) is 7.78. The molecule has 20 heavy (non-hydrogen) atoms. The van der Waals surface area contributed by atoms with Crippen molar-refractivity contribution in [2.45, 2.75) is 4.90 Å². The molecule has 0 fully saturated rings. The average Bonchev–Trinajstić information content (AvgIpc) is 2.83. The molecule has 0 saturated heterocycles. The number of thiazole rings is 1. The lowest BCUT2D eigenvalue weighted by Gasteiger charge is -2.11. The monoisotopic (exact) mass is 328 g/mol. The minimum atomic E-state index is -3.60. The second-order valence-electron chi connectivity index (χ2n) is 4.25. The van der Waals surface area contributed by atoms with Crippen LogP contribution in [0.25, 0.3) is 4.91 Å². The second kappa shape index (κ2) is 5.95. The topological polar surface area (TPSA) is 50.3 Å². The van der Waals surface area contributed by atoms with Crippen molar-refractivity contribution in [2.75, 3.05) is 14.1 Å². The SMILES string of the molecule is CN(C)C=C(c1cnc(Cl)s1)S(=O)(=O)c1ccccc1. The van der Waals surface area contributed by atoms with Crippen molar-refractivity contribution in [3.8, 4) is 0 Å². The van der Waals surface area contributed by atoms with E-state index in [1.165, 1.54) is 6.20 Å². The molecule has 2 aromatic rings. The summed E-state index contributed by atoms with van der Waals surface area (Å²) < 4.78 is 25.7. The van der Waals surface area contributed by atoms with Crippen LogP contribution in [0.4, 0.5) is 0 Å². The van der Waals surface area contributed by atoms with Crippen molar-refractivity contribution in [1.82, 2.24) is 9.88 Å². The third-order valence-corrected chi connectivity index (χ3v) is 5.51. The Hall–Kier alpha value is -1.37. The summed E-state index contributed by atoms with van der Waals surface area (Å²) in [5, 5.41) is 0. The van der Waals surface area contributed by atoms with Crippen LogP contribution in [-0.4, -0.2) is 32.4 Å². The Morgan fingerprint density at radius 1 is 1.30 bits per heavy atom. The van der Waals surface area contributed by atoms with Gasteiger partial charge in [0.25, 0.3) is 0 Å². The Morgan fingerprint density at radius 3 is 2.45 bits per heavy atom. The summed E-state index contributed by atoms with van der Waals surface area (Å²) in [6.45, 7) is 0. The van der Waals surface area contributed by atoms with Crippen LogP contribution in [0.5, 0.6) is 0 Å². The molecule has 0 amide bonds. The molecule has 1 aromatic heterocycles. The summed E-state index contributed by atoms with van der Waals surface area (Å²) in [6, 6.07) is 8.31. The molecule has 0 atom stereocenters. The maximum absolute atomic E-state index is 12.7. The van der Waals surface area contributed by atoms with Gasteiger partial charge in [0, 0.05) is 26.5 Å². The molecule has 4 nitrogen and oxygen atoms in total. The van der Waals surface area contributed by atoms with Crippen LogP contribution >= 0.6 is 22.9 Å². The van der Waals surface area contributed by atoms with Gasteiger partial charge in [-0.2, -0.15) is 0 Å². The zero-order valence-electron chi connectivity index (χ0n) is 10.9. The van der Waals surface area contributed by atoms with Crippen molar-refractivity contribution >= 4 is 37.7 Å². The molecule has 0 aliphatic heterocycles. The van der Waals surface area contributed by atoms with E-state index in [1.54, 1.807) is 55.5 Å². The maximum atomic E-state index is 12.7. The molecule has 0 spiro atoms. The number of nitrogens with zero attached hydrogens (tertiary/aromatic N) is 2. The van der Waals surface area contributed by atoms with Gasteiger partial charge in [-0.3, -0.25) is 0 Å². The fraction of sp³-hybridized carbons (Fsp3) is 0.154. The predicted octanol–water partition coefficient (Wildman–Crippen LogP) is 3.13. The zero-order chi connectivity index (χ0) is 14.8. The van der Waals surface area contributed by atoms with Gasteiger partial charge in [-0.05, 0) is 12.1 Å². The highest BCUT2D eigenvalue weighted by atomic mass is 35.5. The fourth-order valence-corrected chi connectivity index (χ4v) is 4.33. The van der Waals surface area contributed by atoms with E-state index >= 15 is 0 Å². The Labute approximate surface area is 127 Å². The highest BCUT2D eigenvalue weighted by Crippen LogP contribution is 2.32. The van der Waals surface area contributed by atoms with Gasteiger partial charge in [0.1, 0.15) is 4.91 Å². The predicted molar refractivity (Wildman–Crippen MR) is 82.4 cm³/mol. The number of hydrogen-bond acceptors (Lipinski definition) is 5. The molecule has 0 N–H and O–H groups in total. The first-order valence-electron chi connectivity index (χ1n) is 5.71. The van der Waals surface area contributed by atoms with E-state index in [-0.39, 0.29) is 9.80 Å². The minimum Gasteiger partial charge on any atom is -0.382 e. The first kappa shape index (κ1) is 15.0. The summed E-state index contributed by atoms with van der Waals surface area (Å²) in [7, 11) is -0.0706. The van der Waals surface area contributed by atoms with Crippen LogP contribution in [0.3, 0.4) is 0 Å². The molecule has 1 heterocycles. The van der Waals surface area contributed by atoms with Crippen LogP contribution < -0.4 is 0 Å². The molecular weight excluding hydrogens is 316 g/mol. The first-order valence-corrected chi connectivity index (χ1v) is 8.39. The number of halogens is 1. The van der Waals surface area contributed by atoms with E-state index < -0.39 is 9.84 Å². The van der Waals surface area contributed by atoms with Gasteiger partial charge in [0.15, 0.2) is 4.47 Å². The molecule has 0 radical (unpaired) electrons. The number of hydrogen-bond donors (Lipinski definition) is 0. The van der Waals surface area contributed by atoms with Gasteiger partial charge in [-0.15, -0.1) is 11.3 Å². The maximum Gasteiger partial charge on any atom is 0.209 e. The Kier molecular flexibility index (Phi) is 4.47. The molecular formula is C13H13ClN2O2S2. The molecule has 1 aromatic carbocycles. The number of rotatable bonds is 4. The molecule has 0 aliphatic carbocycles. The van der Waals surface area contributed by atoms with E-state index in [1.807, 2.05) is 0 Å². The fourth-order valence-electron chi connectivity index (χ4n) is 1.59. The minimum absolute atomic E-state index is 0.193. The smallest absolute Gasteiger partial charge is 0.209 e. The molecule has 7 heteroatoms. The van der Waals surface area contributed by atoms with Crippen LogP contribution in [0.15, 0.2) is 47.6 Å². The molecule has 0 aliphatic rings. The highest BCUT2D eigenvalue weighted by Gasteiger charge is 2.24. The van der Waals surface area contributed by atoms with Gasteiger partial charge in [0.2, 0.25) is 9.84 Å². The van der Waals surface area contributed by atoms with Crippen molar-refractivity contribution in [1.29, 1.82) is 0 Å². The molecule has 2 rings (SSSR count). The van der Waals surface area contributed by atoms with Crippen LogP contribution in [0.1, 0.15) is 4.88 Å². The quantitative estimate of drug-likeness (QED) is 0.865. The van der Waals surface area contributed by atoms with E-state index in [0.717, 1.165) is 11.3 Å². The van der Waals surface area contributed by atoms with Crippen LogP contribution in [-0.2, 0) is 9.84 Å². The van der Waals surface area contributed by atoms with Crippen LogP contribution in [0.2, 0.25) is 4.47 Å². The molecule has 0 bridgehead atoms. The Balaban J connectivity index is 2.59. The van der Waals surface area contributed by atoms with E-state index in [9.17, 15) is 8.42 Å². The van der Waals surface area contributed by atoms with Gasteiger partial charge in [-0.1, -0.05) is 29.8 Å². The first-order chi connectivity index (χ1) is 9.41. The number of aromatic nitrogens is 1. The van der Waals surface area contributed by atoms with Crippen molar-refractivity contribution < 1.29 is 8.42 Å². The summed E-state index contributed by atoms with van der Waals surface area (Å²) in [5.41, 5.74) is 0. The summed E-state index contributed by atoms with van der Waals surface area (Å²) >= 11 is 6.95. The van der Waals surface area contributed by atoms with Crippen LogP contribution in [0, 0.1) is 0 Å². The van der Waals surface area contributed by atoms with Gasteiger partial charge in [0.05, 0.1) is 9.77 Å². The third kappa shape index (κ3) is 3.20. The van der Waals surface area contributed by atoms with E-state index in [4.69, 9.17) is 11.6 Å². The Morgan fingerprint density at radius 2 is 1.95 bits per heavy atom. The van der Waals surface area contributed by atoms with Gasteiger partial charge >= 0.3 is 0 Å². The molecule has 0 unspecified atom stereocenters. The zero-order valence-corrected chi connectivity index (χ0v) is 13.3. The summed E-state index contributed by atoms with van der Waals surface area (Å²) in [4.78, 5) is 6.56. The third-order valence-electron chi connectivity index (χ3n) is 2.44. The standard InChI is InChI=1S/C13H13ClN2O2S2/c1-16(2)9-12(11-8-15-13(14)19-11)20(17,18)10-6-4-3-5-7-10/h3-9H,1-2H3.